The van der Waals surface area contributed by atoms with Crippen LogP contribution in [0.1, 0.15) is 47.6 Å². The summed E-state index contributed by atoms with van der Waals surface area (Å²) in [6.07, 6.45) is -2.89. The van der Waals surface area contributed by atoms with Gasteiger partial charge in [0.25, 0.3) is 0 Å². The Hall–Kier alpha value is -4.15. The summed E-state index contributed by atoms with van der Waals surface area (Å²) in [7, 11) is 0. The monoisotopic (exact) mass is 534 g/mol. The molecule has 2 fully saturated rings. The van der Waals surface area contributed by atoms with Crippen molar-refractivity contribution in [3.8, 4) is 34.5 Å². The molecule has 39 heavy (non-hydrogen) atoms. The van der Waals surface area contributed by atoms with Crippen LogP contribution in [0.2, 0.25) is 0 Å². The molecule has 0 saturated carbocycles. The van der Waals surface area contributed by atoms with E-state index in [-0.39, 0.29) is 53.1 Å². The number of carbonyl (C=O) groups excluding carboxylic acids is 1. The molecule has 0 spiro atoms. The SMILES string of the molecule is C[C@@]12OC(=O)C[C@@H]1[C@H]1Oc3c(c(O)cc(O)c3[C@@H]3c4ccc(O)cc4O[C@H](c4ccc(O)cc4)[C@H]3O)C[C@H]1O2. The third-order valence-corrected chi connectivity index (χ3v) is 8.33. The third-order valence-electron chi connectivity index (χ3n) is 8.33. The minimum atomic E-state index is -1.24. The van der Waals surface area contributed by atoms with E-state index in [4.69, 9.17) is 18.9 Å². The molecule has 202 valence electrons. The van der Waals surface area contributed by atoms with E-state index in [1.54, 1.807) is 25.1 Å². The van der Waals surface area contributed by atoms with Crippen molar-refractivity contribution in [3.05, 3.63) is 70.8 Å². The molecular formula is C29H26O10. The first kappa shape index (κ1) is 23.9. The number of aromatic hydroxyl groups is 4. The van der Waals surface area contributed by atoms with Gasteiger partial charge in [0.2, 0.25) is 5.79 Å². The molecule has 2 saturated heterocycles. The van der Waals surface area contributed by atoms with Crippen LogP contribution in [-0.2, 0) is 20.7 Å². The lowest BCUT2D eigenvalue weighted by atomic mass is 9.77. The van der Waals surface area contributed by atoms with E-state index in [1.165, 1.54) is 30.3 Å². The second-order valence-electron chi connectivity index (χ2n) is 10.7. The molecule has 0 radical (unpaired) electrons. The Balaban J connectivity index is 1.38. The maximum absolute atomic E-state index is 12.1. The number of hydrogen-bond donors (Lipinski definition) is 5. The number of ether oxygens (including phenoxy) is 4. The molecule has 0 aromatic heterocycles. The highest BCUT2D eigenvalue weighted by atomic mass is 16.7. The van der Waals surface area contributed by atoms with Crippen LogP contribution in [-0.4, -0.2) is 55.6 Å². The zero-order valence-electron chi connectivity index (χ0n) is 20.8. The van der Waals surface area contributed by atoms with E-state index in [0.29, 0.717) is 22.4 Å². The highest BCUT2D eigenvalue weighted by Gasteiger charge is 2.62. The molecule has 3 aromatic rings. The van der Waals surface area contributed by atoms with Crippen LogP contribution in [0.25, 0.3) is 0 Å². The zero-order valence-corrected chi connectivity index (χ0v) is 20.8. The van der Waals surface area contributed by atoms with Crippen molar-refractivity contribution in [1.82, 2.24) is 0 Å². The third kappa shape index (κ3) is 3.51. The lowest BCUT2D eigenvalue weighted by molar-refractivity contribution is -0.206. The highest BCUT2D eigenvalue weighted by molar-refractivity contribution is 5.73. The number of phenolic OH excluding ortho intramolecular Hbond substituents is 4. The van der Waals surface area contributed by atoms with Crippen molar-refractivity contribution in [2.24, 2.45) is 5.92 Å². The van der Waals surface area contributed by atoms with Crippen molar-refractivity contribution in [2.45, 2.75) is 55.9 Å². The van der Waals surface area contributed by atoms with Crippen LogP contribution >= 0.6 is 0 Å². The minimum absolute atomic E-state index is 0.0438. The van der Waals surface area contributed by atoms with E-state index in [9.17, 15) is 30.3 Å². The van der Waals surface area contributed by atoms with Gasteiger partial charge in [-0.3, -0.25) is 4.79 Å². The molecule has 4 aliphatic rings. The Morgan fingerprint density at radius 1 is 0.897 bits per heavy atom. The molecule has 10 nitrogen and oxygen atoms in total. The van der Waals surface area contributed by atoms with E-state index < -0.39 is 42.0 Å². The highest BCUT2D eigenvalue weighted by Crippen LogP contribution is 2.57. The Morgan fingerprint density at radius 2 is 1.64 bits per heavy atom. The quantitative estimate of drug-likeness (QED) is 0.310. The molecule has 0 aliphatic carbocycles. The molecular weight excluding hydrogens is 508 g/mol. The number of aliphatic hydroxyl groups excluding tert-OH is 1. The van der Waals surface area contributed by atoms with E-state index in [2.05, 4.69) is 0 Å². The van der Waals surface area contributed by atoms with Crippen molar-refractivity contribution in [1.29, 1.82) is 0 Å². The fourth-order valence-electron chi connectivity index (χ4n) is 6.54. The fourth-order valence-corrected chi connectivity index (χ4v) is 6.54. The summed E-state index contributed by atoms with van der Waals surface area (Å²) in [6, 6.07) is 11.9. The number of aliphatic hydroxyl groups is 1. The molecule has 0 unspecified atom stereocenters. The van der Waals surface area contributed by atoms with Crippen LogP contribution < -0.4 is 9.47 Å². The first-order valence-corrected chi connectivity index (χ1v) is 12.7. The van der Waals surface area contributed by atoms with Gasteiger partial charge >= 0.3 is 5.97 Å². The maximum Gasteiger partial charge on any atom is 0.308 e. The summed E-state index contributed by atoms with van der Waals surface area (Å²) < 4.78 is 24.1. The lowest BCUT2D eigenvalue weighted by Gasteiger charge is -2.40. The number of fused-ring (bicyclic) bond motifs is 5. The van der Waals surface area contributed by atoms with Gasteiger partial charge < -0.3 is 44.5 Å². The summed E-state index contributed by atoms with van der Waals surface area (Å²) in [5, 5.41) is 53.8. The Morgan fingerprint density at radius 3 is 2.41 bits per heavy atom. The van der Waals surface area contributed by atoms with Crippen LogP contribution in [0, 0.1) is 5.92 Å². The minimum Gasteiger partial charge on any atom is -0.508 e. The number of benzene rings is 3. The first-order valence-electron chi connectivity index (χ1n) is 12.7. The second-order valence-corrected chi connectivity index (χ2v) is 10.7. The van der Waals surface area contributed by atoms with Gasteiger partial charge in [0.1, 0.15) is 52.8 Å². The number of esters is 1. The Bertz CT molecular complexity index is 1500. The summed E-state index contributed by atoms with van der Waals surface area (Å²) in [4.78, 5) is 12.1. The molecule has 0 amide bonds. The molecule has 0 bridgehead atoms. The average molecular weight is 535 g/mol. The molecule has 5 N–H and O–H groups in total. The lowest BCUT2D eigenvalue weighted by Crippen LogP contribution is -2.40. The smallest absolute Gasteiger partial charge is 0.308 e. The van der Waals surface area contributed by atoms with E-state index in [1.807, 2.05) is 0 Å². The predicted octanol–water partition coefficient (Wildman–Crippen LogP) is 3.12. The van der Waals surface area contributed by atoms with Crippen molar-refractivity contribution >= 4 is 5.97 Å². The summed E-state index contributed by atoms with van der Waals surface area (Å²) in [6.45, 7) is 1.69. The molecule has 4 heterocycles. The zero-order chi connectivity index (χ0) is 27.2. The summed E-state index contributed by atoms with van der Waals surface area (Å²) in [5.41, 5.74) is 1.70. The first-order chi connectivity index (χ1) is 18.6. The van der Waals surface area contributed by atoms with Gasteiger partial charge in [-0.05, 0) is 23.8 Å². The molecule has 4 aliphatic heterocycles. The van der Waals surface area contributed by atoms with Gasteiger partial charge in [-0.25, -0.2) is 0 Å². The van der Waals surface area contributed by atoms with Crippen molar-refractivity contribution in [3.63, 3.8) is 0 Å². The van der Waals surface area contributed by atoms with Crippen LogP contribution in [0.4, 0.5) is 0 Å². The standard InChI is InChI=1S/C29H26O10/c1-29-17(10-22(34)39-29)28-21(38-29)9-16-18(32)11-19(33)24(27(16)37-28)23-15-7-6-14(31)8-20(15)36-26(25(23)35)12-2-4-13(30)5-3-12/h2-8,11,17,21,23,25-26,28,30-33,35H,9-10H2,1H3/t17-,21-,23+,25+,26-,28-,29-/m1/s1. The second kappa shape index (κ2) is 8.17. The van der Waals surface area contributed by atoms with Crippen LogP contribution in [0.3, 0.4) is 0 Å². The van der Waals surface area contributed by atoms with E-state index in [0.717, 1.165) is 0 Å². The van der Waals surface area contributed by atoms with Crippen LogP contribution in [0.5, 0.6) is 34.5 Å². The fraction of sp³-hybridized carbons (Fsp3) is 0.345. The Kier molecular flexibility index (Phi) is 5.02. The summed E-state index contributed by atoms with van der Waals surface area (Å²) >= 11 is 0. The predicted molar refractivity (Wildman–Crippen MR) is 133 cm³/mol. The van der Waals surface area contributed by atoms with Gasteiger partial charge in [-0.1, -0.05) is 18.2 Å². The van der Waals surface area contributed by atoms with Gasteiger partial charge in [-0.15, -0.1) is 0 Å². The van der Waals surface area contributed by atoms with Gasteiger partial charge in [0, 0.05) is 48.1 Å². The summed E-state index contributed by atoms with van der Waals surface area (Å²) in [5.74, 6) is -2.80. The number of rotatable bonds is 2. The van der Waals surface area contributed by atoms with E-state index >= 15 is 0 Å². The molecule has 10 heteroatoms. The molecule has 7 atom stereocenters. The topological polar surface area (TPSA) is 155 Å². The van der Waals surface area contributed by atoms with Crippen LogP contribution in [0.15, 0.2) is 48.5 Å². The number of hydrogen-bond acceptors (Lipinski definition) is 10. The largest absolute Gasteiger partial charge is 0.508 e. The van der Waals surface area contributed by atoms with Gasteiger partial charge in [0.05, 0.1) is 12.3 Å². The molecule has 7 rings (SSSR count). The van der Waals surface area contributed by atoms with Crippen molar-refractivity contribution < 1.29 is 49.3 Å². The van der Waals surface area contributed by atoms with Gasteiger partial charge in [-0.2, -0.15) is 0 Å². The average Bonchev–Trinajstić information content (AvgIpc) is 3.32. The number of phenols is 4. The van der Waals surface area contributed by atoms with Gasteiger partial charge in [0.15, 0.2) is 6.10 Å². The normalized spacial score (nSPS) is 32.2. The van der Waals surface area contributed by atoms with Crippen molar-refractivity contribution in [2.75, 3.05) is 0 Å². The maximum atomic E-state index is 12.1. The number of carbonyl (C=O) groups is 1. The molecule has 3 aromatic carbocycles. The Labute approximate surface area is 222 Å².